The van der Waals surface area contributed by atoms with Crippen LogP contribution in [-0.2, 0) is 14.0 Å². The third-order valence-electron chi connectivity index (χ3n) is 4.21. The molecule has 1 atom stereocenters. The van der Waals surface area contributed by atoms with E-state index in [4.69, 9.17) is 9.53 Å². The molecule has 0 aliphatic heterocycles. The van der Waals surface area contributed by atoms with Gasteiger partial charge in [-0.25, -0.2) is 0 Å². The highest BCUT2D eigenvalue weighted by Crippen LogP contribution is 2.39. The van der Waals surface area contributed by atoms with Gasteiger partial charge in [-0.2, -0.15) is 0 Å². The topological polar surface area (TPSA) is 95.9 Å². The van der Waals surface area contributed by atoms with Crippen LogP contribution < -0.4 is 5.32 Å². The molecule has 6 nitrogen and oxygen atoms in total. The zero-order chi connectivity index (χ0) is 17.8. The first kappa shape index (κ1) is 21.1. The van der Waals surface area contributed by atoms with Gasteiger partial charge in [-0.05, 0) is 18.1 Å². The fourth-order valence-electron chi connectivity index (χ4n) is 1.51. The molecule has 0 fully saturated rings. The molecule has 7 heteroatoms. The Hall–Kier alpha value is -0.923. The summed E-state index contributed by atoms with van der Waals surface area (Å²) in [7, 11) is -2.21. The van der Waals surface area contributed by atoms with Crippen molar-refractivity contribution in [1.29, 1.82) is 0 Å². The van der Waals surface area contributed by atoms with Crippen LogP contribution in [0.1, 0.15) is 41.0 Å². The van der Waals surface area contributed by atoms with Crippen molar-refractivity contribution in [2.75, 3.05) is 13.2 Å². The summed E-state index contributed by atoms with van der Waals surface area (Å²) in [5.74, 6) is -1.34. The van der Waals surface area contributed by atoms with Gasteiger partial charge in [0.05, 0.1) is 13.0 Å². The second-order valence-electron chi connectivity index (χ2n) is 7.84. The van der Waals surface area contributed by atoms with Crippen LogP contribution in [0.3, 0.4) is 0 Å². The number of hydrogen-bond acceptors (Lipinski definition) is 4. The molecule has 0 aromatic heterocycles. The van der Waals surface area contributed by atoms with Crippen molar-refractivity contribution >= 4 is 20.2 Å². The first-order valence-corrected chi connectivity index (χ1v) is 10.4. The maximum absolute atomic E-state index is 12.4. The Labute approximate surface area is 134 Å². The van der Waals surface area contributed by atoms with Gasteiger partial charge in [0.1, 0.15) is 6.10 Å². The number of carbonyl (C=O) groups is 2. The van der Waals surface area contributed by atoms with Crippen molar-refractivity contribution < 1.29 is 24.2 Å². The normalized spacial score (nSPS) is 14.5. The Morgan fingerprint density at radius 2 is 1.68 bits per heavy atom. The van der Waals surface area contributed by atoms with Crippen molar-refractivity contribution in [3.8, 4) is 0 Å². The Balaban J connectivity index is 5.16. The minimum atomic E-state index is -2.21. The van der Waals surface area contributed by atoms with Gasteiger partial charge in [0, 0.05) is 12.0 Å². The minimum absolute atomic E-state index is 0.0486. The largest absolute Gasteiger partial charge is 0.481 e. The molecule has 0 saturated carbocycles. The van der Waals surface area contributed by atoms with Crippen LogP contribution in [0.2, 0.25) is 18.1 Å². The fourth-order valence-corrected chi connectivity index (χ4v) is 2.88. The molecule has 0 saturated heterocycles. The van der Waals surface area contributed by atoms with Gasteiger partial charge >= 0.3 is 5.97 Å². The van der Waals surface area contributed by atoms with Gasteiger partial charge in [0.15, 0.2) is 8.32 Å². The Morgan fingerprint density at radius 3 is 2.05 bits per heavy atom. The highest BCUT2D eigenvalue weighted by Gasteiger charge is 2.45. The summed E-state index contributed by atoms with van der Waals surface area (Å²) in [4.78, 5) is 23.0. The van der Waals surface area contributed by atoms with Crippen LogP contribution in [0.25, 0.3) is 0 Å². The van der Waals surface area contributed by atoms with Crippen LogP contribution in [0.4, 0.5) is 0 Å². The fraction of sp³-hybridized carbons (Fsp3) is 0.867. The molecular weight excluding hydrogens is 302 g/mol. The lowest BCUT2D eigenvalue weighted by atomic mass is 9.87. The molecule has 0 rings (SSSR count). The molecule has 1 amide bonds. The van der Waals surface area contributed by atoms with E-state index in [1.54, 1.807) is 13.8 Å². The number of hydrogen-bond donors (Lipinski definition) is 3. The van der Waals surface area contributed by atoms with Crippen molar-refractivity contribution in [1.82, 2.24) is 5.32 Å². The third kappa shape index (κ3) is 6.06. The van der Waals surface area contributed by atoms with Gasteiger partial charge in [0.25, 0.3) is 0 Å². The number of nitrogens with one attached hydrogen (secondary N) is 1. The van der Waals surface area contributed by atoms with E-state index >= 15 is 0 Å². The summed E-state index contributed by atoms with van der Waals surface area (Å²) in [5.41, 5.74) is -0.747. The van der Waals surface area contributed by atoms with E-state index in [9.17, 15) is 14.7 Å². The number of aliphatic hydroxyl groups is 1. The SMILES string of the molecule is CC(C)(CO)[C@@H](O[Si](C)(C)C(C)(C)C)C(=O)NCCC(=O)O. The molecule has 22 heavy (non-hydrogen) atoms. The van der Waals surface area contributed by atoms with E-state index in [-0.39, 0.29) is 30.5 Å². The molecule has 0 bridgehead atoms. The average molecular weight is 334 g/mol. The summed E-state index contributed by atoms with van der Waals surface area (Å²) in [6.45, 7) is 13.7. The molecule has 0 unspecified atom stereocenters. The zero-order valence-electron chi connectivity index (χ0n) is 14.8. The maximum atomic E-state index is 12.4. The molecular formula is C15H31NO5Si. The molecule has 0 heterocycles. The quantitative estimate of drug-likeness (QED) is 0.590. The predicted molar refractivity (Wildman–Crippen MR) is 88.2 cm³/mol. The molecule has 0 spiro atoms. The molecule has 0 aromatic carbocycles. The van der Waals surface area contributed by atoms with Crippen molar-refractivity contribution in [2.24, 2.45) is 5.41 Å². The maximum Gasteiger partial charge on any atom is 0.305 e. The molecule has 130 valence electrons. The summed E-state index contributed by atoms with van der Waals surface area (Å²) < 4.78 is 6.20. The molecule has 0 aliphatic rings. The van der Waals surface area contributed by atoms with Gasteiger partial charge < -0.3 is 20.0 Å². The first-order chi connectivity index (χ1) is 9.74. The van der Waals surface area contributed by atoms with Crippen molar-refractivity contribution in [3.05, 3.63) is 0 Å². The summed E-state index contributed by atoms with van der Waals surface area (Å²) in [6.07, 6.45) is -0.954. The van der Waals surface area contributed by atoms with Gasteiger partial charge in [-0.15, -0.1) is 0 Å². The van der Waals surface area contributed by atoms with Crippen LogP contribution >= 0.6 is 0 Å². The van der Waals surface area contributed by atoms with Crippen LogP contribution in [0.5, 0.6) is 0 Å². The number of aliphatic carboxylic acids is 1. The Kier molecular flexibility index (Phi) is 7.25. The monoisotopic (exact) mass is 333 g/mol. The number of amides is 1. The lowest BCUT2D eigenvalue weighted by Gasteiger charge is -2.43. The number of carboxylic acid groups (broad SMARTS) is 1. The van der Waals surface area contributed by atoms with Crippen LogP contribution in [-0.4, -0.2) is 49.7 Å². The smallest absolute Gasteiger partial charge is 0.305 e. The average Bonchev–Trinajstić information content (AvgIpc) is 2.33. The van der Waals surface area contributed by atoms with Gasteiger partial charge in [0.2, 0.25) is 5.91 Å². The molecule has 3 N–H and O–H groups in total. The molecule has 0 aliphatic carbocycles. The standard InChI is InChI=1S/C15H31NO5Si/c1-14(2,3)22(6,7)21-12(15(4,5)10-17)13(20)16-9-8-11(18)19/h12,17H,8-10H2,1-7H3,(H,16,20)(H,18,19)/t12-/m0/s1. The van der Waals surface area contributed by atoms with Crippen LogP contribution in [0.15, 0.2) is 0 Å². The van der Waals surface area contributed by atoms with E-state index in [1.165, 1.54) is 0 Å². The number of aliphatic hydroxyl groups excluding tert-OH is 1. The number of carbonyl (C=O) groups excluding carboxylic acids is 1. The van der Waals surface area contributed by atoms with E-state index in [0.717, 1.165) is 0 Å². The summed E-state index contributed by atoms with van der Waals surface area (Å²) in [6, 6.07) is 0. The molecule has 0 aromatic rings. The first-order valence-electron chi connectivity index (χ1n) is 7.53. The Morgan fingerprint density at radius 1 is 1.18 bits per heavy atom. The second kappa shape index (κ2) is 7.57. The lowest BCUT2D eigenvalue weighted by molar-refractivity contribution is -0.138. The predicted octanol–water partition coefficient (Wildman–Crippen LogP) is 1.99. The van der Waals surface area contributed by atoms with E-state index in [2.05, 4.69) is 26.1 Å². The number of carboxylic acids is 1. The zero-order valence-corrected chi connectivity index (χ0v) is 15.8. The van der Waals surface area contributed by atoms with Crippen LogP contribution in [0, 0.1) is 5.41 Å². The van der Waals surface area contributed by atoms with Gasteiger partial charge in [-0.1, -0.05) is 34.6 Å². The molecule has 0 radical (unpaired) electrons. The third-order valence-corrected chi connectivity index (χ3v) is 8.65. The van der Waals surface area contributed by atoms with Crippen molar-refractivity contribution in [3.63, 3.8) is 0 Å². The van der Waals surface area contributed by atoms with E-state index in [0.29, 0.717) is 0 Å². The van der Waals surface area contributed by atoms with E-state index in [1.807, 2.05) is 13.1 Å². The highest BCUT2D eigenvalue weighted by atomic mass is 28.4. The van der Waals surface area contributed by atoms with Crippen molar-refractivity contribution in [2.45, 2.75) is 65.3 Å². The lowest BCUT2D eigenvalue weighted by Crippen LogP contribution is -2.54. The second-order valence-corrected chi connectivity index (χ2v) is 12.6. The summed E-state index contributed by atoms with van der Waals surface area (Å²) >= 11 is 0. The minimum Gasteiger partial charge on any atom is -0.481 e. The summed E-state index contributed by atoms with van der Waals surface area (Å²) in [5, 5.41) is 20.8. The Bertz CT molecular complexity index is 401. The van der Waals surface area contributed by atoms with Gasteiger partial charge in [-0.3, -0.25) is 9.59 Å². The van der Waals surface area contributed by atoms with E-state index < -0.39 is 25.8 Å². The number of rotatable bonds is 8. The highest BCUT2D eigenvalue weighted by molar-refractivity contribution is 6.74.